The monoisotopic (exact) mass is 204 g/mol. The van der Waals surface area contributed by atoms with Crippen LogP contribution in [0.15, 0.2) is 35.1 Å². The molecule has 0 N–H and O–H groups in total. The molecule has 5 heteroatoms. The van der Waals surface area contributed by atoms with Crippen LogP contribution in [-0.2, 0) is 4.74 Å². The van der Waals surface area contributed by atoms with E-state index in [0.29, 0.717) is 11.5 Å². The van der Waals surface area contributed by atoms with E-state index in [1.165, 1.54) is 13.4 Å². The van der Waals surface area contributed by atoms with Crippen molar-refractivity contribution in [2.75, 3.05) is 7.11 Å². The van der Waals surface area contributed by atoms with E-state index in [9.17, 15) is 4.79 Å². The smallest absolute Gasteiger partial charge is 0.373 e. The van der Waals surface area contributed by atoms with Crippen molar-refractivity contribution < 1.29 is 13.9 Å². The van der Waals surface area contributed by atoms with Crippen LogP contribution in [0.25, 0.3) is 11.5 Å². The van der Waals surface area contributed by atoms with Gasteiger partial charge in [-0.1, -0.05) is 0 Å². The predicted octanol–water partition coefficient (Wildman–Crippen LogP) is 1.52. The first-order valence-corrected chi connectivity index (χ1v) is 4.26. The van der Waals surface area contributed by atoms with Gasteiger partial charge >= 0.3 is 5.97 Å². The molecule has 2 rings (SSSR count). The summed E-state index contributed by atoms with van der Waals surface area (Å²) < 4.78 is 9.78. The molecule has 5 nitrogen and oxygen atoms in total. The number of carbonyl (C=O) groups is 1. The summed E-state index contributed by atoms with van der Waals surface area (Å²) in [6.45, 7) is 0. The largest absolute Gasteiger partial charge is 0.463 e. The number of hydrogen-bond acceptors (Lipinski definition) is 5. The Morgan fingerprint density at radius 2 is 2.27 bits per heavy atom. The van der Waals surface area contributed by atoms with Crippen molar-refractivity contribution in [3.8, 4) is 11.5 Å². The lowest BCUT2D eigenvalue weighted by Crippen LogP contribution is -1.98. The predicted molar refractivity (Wildman–Crippen MR) is 51.1 cm³/mol. The van der Waals surface area contributed by atoms with E-state index in [1.807, 2.05) is 0 Å². The van der Waals surface area contributed by atoms with Crippen LogP contribution in [0.3, 0.4) is 0 Å². The Balaban J connectivity index is 2.32. The van der Waals surface area contributed by atoms with Crippen LogP contribution in [-0.4, -0.2) is 23.0 Å². The molecule has 0 amide bonds. The molecule has 0 aromatic carbocycles. The second-order valence-electron chi connectivity index (χ2n) is 2.75. The Labute approximate surface area is 85.7 Å². The van der Waals surface area contributed by atoms with Crippen LogP contribution in [0.5, 0.6) is 0 Å². The topological polar surface area (TPSA) is 65.2 Å². The summed E-state index contributed by atoms with van der Waals surface area (Å²) in [5.41, 5.74) is 0.625. The van der Waals surface area contributed by atoms with E-state index in [2.05, 4.69) is 14.7 Å². The summed E-state index contributed by atoms with van der Waals surface area (Å²) >= 11 is 0. The number of hydrogen-bond donors (Lipinski definition) is 0. The molecule has 0 unspecified atom stereocenters. The number of aromatic nitrogens is 2. The molecule has 0 aliphatic heterocycles. The second-order valence-corrected chi connectivity index (χ2v) is 2.75. The van der Waals surface area contributed by atoms with Gasteiger partial charge in [0.25, 0.3) is 0 Å². The SMILES string of the molecule is COC(=O)c1ccc(-c2ccncn2)o1. The van der Waals surface area contributed by atoms with Crippen molar-refractivity contribution >= 4 is 5.97 Å². The Kier molecular flexibility index (Phi) is 2.45. The Bertz CT molecular complexity index is 465. The van der Waals surface area contributed by atoms with Gasteiger partial charge in [-0.3, -0.25) is 0 Å². The fraction of sp³-hybridized carbons (Fsp3) is 0.100. The van der Waals surface area contributed by atoms with Gasteiger partial charge in [-0.15, -0.1) is 0 Å². The molecule has 0 aliphatic carbocycles. The van der Waals surface area contributed by atoms with Gasteiger partial charge in [0.2, 0.25) is 5.76 Å². The lowest BCUT2D eigenvalue weighted by atomic mass is 10.3. The van der Waals surface area contributed by atoms with Crippen LogP contribution in [0.4, 0.5) is 0 Å². The molecule has 0 bridgehead atoms. The number of methoxy groups -OCH3 is 1. The number of rotatable bonds is 2. The van der Waals surface area contributed by atoms with Gasteiger partial charge in [0.05, 0.1) is 7.11 Å². The van der Waals surface area contributed by atoms with E-state index >= 15 is 0 Å². The lowest BCUT2D eigenvalue weighted by molar-refractivity contribution is 0.0566. The standard InChI is InChI=1S/C10H8N2O3/c1-14-10(13)9-3-2-8(15-9)7-4-5-11-6-12-7/h2-6H,1H3. The highest BCUT2D eigenvalue weighted by molar-refractivity contribution is 5.86. The average Bonchev–Trinajstić information content (AvgIpc) is 2.78. The normalized spacial score (nSPS) is 9.93. The van der Waals surface area contributed by atoms with Crippen molar-refractivity contribution in [3.05, 3.63) is 36.5 Å². The van der Waals surface area contributed by atoms with E-state index in [-0.39, 0.29) is 5.76 Å². The van der Waals surface area contributed by atoms with Crippen LogP contribution in [0.2, 0.25) is 0 Å². The summed E-state index contributed by atoms with van der Waals surface area (Å²) in [6.07, 6.45) is 3.01. The number of furan rings is 1. The molecule has 15 heavy (non-hydrogen) atoms. The van der Waals surface area contributed by atoms with Crippen LogP contribution < -0.4 is 0 Å². The van der Waals surface area contributed by atoms with Crippen LogP contribution in [0.1, 0.15) is 10.6 Å². The van der Waals surface area contributed by atoms with Crippen LogP contribution in [0, 0.1) is 0 Å². The van der Waals surface area contributed by atoms with Crippen molar-refractivity contribution in [1.82, 2.24) is 9.97 Å². The van der Waals surface area contributed by atoms with Crippen molar-refractivity contribution in [2.24, 2.45) is 0 Å². The zero-order valence-corrected chi connectivity index (χ0v) is 8.01. The summed E-state index contributed by atoms with van der Waals surface area (Å²) in [7, 11) is 1.30. The highest BCUT2D eigenvalue weighted by Gasteiger charge is 2.12. The third-order valence-electron chi connectivity index (χ3n) is 1.83. The fourth-order valence-corrected chi connectivity index (χ4v) is 1.12. The van der Waals surface area contributed by atoms with Crippen molar-refractivity contribution in [3.63, 3.8) is 0 Å². The number of ether oxygens (including phenoxy) is 1. The molecule has 0 spiro atoms. The van der Waals surface area contributed by atoms with Gasteiger partial charge in [0, 0.05) is 6.20 Å². The minimum Gasteiger partial charge on any atom is -0.463 e. The zero-order valence-electron chi connectivity index (χ0n) is 8.01. The first kappa shape index (κ1) is 9.39. The summed E-state index contributed by atoms with van der Waals surface area (Å²) in [5.74, 6) is 0.166. The third kappa shape index (κ3) is 1.85. The lowest BCUT2D eigenvalue weighted by Gasteiger charge is -1.94. The first-order valence-electron chi connectivity index (χ1n) is 4.26. The maximum atomic E-state index is 11.1. The summed E-state index contributed by atoms with van der Waals surface area (Å²) in [6, 6.07) is 4.90. The van der Waals surface area contributed by atoms with Gasteiger partial charge in [0.1, 0.15) is 12.0 Å². The first-order chi connectivity index (χ1) is 7.31. The molecule has 0 saturated carbocycles. The highest BCUT2D eigenvalue weighted by Crippen LogP contribution is 2.19. The molecule has 2 aromatic rings. The minimum atomic E-state index is -0.504. The molecule has 0 radical (unpaired) electrons. The van der Waals surface area contributed by atoms with Crippen molar-refractivity contribution in [1.29, 1.82) is 0 Å². The number of esters is 1. The number of nitrogens with zero attached hydrogens (tertiary/aromatic N) is 2. The van der Waals surface area contributed by atoms with Crippen molar-refractivity contribution in [2.45, 2.75) is 0 Å². The fourth-order valence-electron chi connectivity index (χ4n) is 1.12. The molecule has 2 aromatic heterocycles. The molecule has 2 heterocycles. The molecule has 0 aliphatic rings. The Morgan fingerprint density at radius 1 is 1.40 bits per heavy atom. The number of carbonyl (C=O) groups excluding carboxylic acids is 1. The van der Waals surface area contributed by atoms with Gasteiger partial charge in [-0.05, 0) is 18.2 Å². The summed E-state index contributed by atoms with van der Waals surface area (Å²) in [5, 5.41) is 0. The van der Waals surface area contributed by atoms with E-state index in [4.69, 9.17) is 4.42 Å². The molecule has 0 atom stereocenters. The Morgan fingerprint density at radius 3 is 2.93 bits per heavy atom. The molecule has 76 valence electrons. The molecular formula is C10H8N2O3. The maximum absolute atomic E-state index is 11.1. The quantitative estimate of drug-likeness (QED) is 0.694. The van der Waals surface area contributed by atoms with Gasteiger partial charge in [0.15, 0.2) is 5.76 Å². The minimum absolute atomic E-state index is 0.158. The average molecular weight is 204 g/mol. The highest BCUT2D eigenvalue weighted by atomic mass is 16.5. The van der Waals surface area contributed by atoms with Crippen LogP contribution >= 0.6 is 0 Å². The second kappa shape index (κ2) is 3.91. The van der Waals surface area contributed by atoms with Gasteiger partial charge in [-0.2, -0.15) is 0 Å². The van der Waals surface area contributed by atoms with Gasteiger partial charge < -0.3 is 9.15 Å². The van der Waals surface area contributed by atoms with E-state index in [0.717, 1.165) is 0 Å². The van der Waals surface area contributed by atoms with E-state index in [1.54, 1.807) is 24.4 Å². The molecule has 0 saturated heterocycles. The van der Waals surface area contributed by atoms with Gasteiger partial charge in [-0.25, -0.2) is 14.8 Å². The maximum Gasteiger partial charge on any atom is 0.373 e. The zero-order chi connectivity index (χ0) is 10.7. The molecular weight excluding hydrogens is 196 g/mol. The summed E-state index contributed by atoms with van der Waals surface area (Å²) in [4.78, 5) is 18.9. The van der Waals surface area contributed by atoms with E-state index < -0.39 is 5.97 Å². The third-order valence-corrected chi connectivity index (χ3v) is 1.83. The Hall–Kier alpha value is -2.17. The molecule has 0 fully saturated rings.